The Labute approximate surface area is 115 Å². The van der Waals surface area contributed by atoms with E-state index in [-0.39, 0.29) is 5.91 Å². The SMILES string of the molecule is CSCCCNCC(=O)Nc1cccc(Br)c1. The summed E-state index contributed by atoms with van der Waals surface area (Å²) >= 11 is 5.18. The van der Waals surface area contributed by atoms with Crippen LogP contribution in [0.3, 0.4) is 0 Å². The van der Waals surface area contributed by atoms with Gasteiger partial charge in [0.2, 0.25) is 5.91 Å². The highest BCUT2D eigenvalue weighted by atomic mass is 79.9. The molecule has 0 heterocycles. The first kappa shape index (κ1) is 14.5. The lowest BCUT2D eigenvalue weighted by atomic mass is 10.3. The Morgan fingerprint density at radius 3 is 3.00 bits per heavy atom. The number of hydrogen-bond donors (Lipinski definition) is 2. The van der Waals surface area contributed by atoms with Crippen LogP contribution in [0.25, 0.3) is 0 Å². The van der Waals surface area contributed by atoms with Gasteiger partial charge in [-0.1, -0.05) is 22.0 Å². The van der Waals surface area contributed by atoms with Crippen molar-refractivity contribution < 1.29 is 4.79 Å². The first-order valence-corrected chi connectivity index (χ1v) is 7.66. The van der Waals surface area contributed by atoms with Gasteiger partial charge in [0.15, 0.2) is 0 Å². The molecule has 0 atom stereocenters. The Hall–Kier alpha value is -0.520. The molecule has 1 aromatic carbocycles. The molecule has 1 rings (SSSR count). The van der Waals surface area contributed by atoms with Crippen LogP contribution in [0, 0.1) is 0 Å². The topological polar surface area (TPSA) is 41.1 Å². The van der Waals surface area contributed by atoms with Crippen molar-refractivity contribution in [2.45, 2.75) is 6.42 Å². The van der Waals surface area contributed by atoms with Gasteiger partial charge in [0.05, 0.1) is 6.54 Å². The first-order valence-electron chi connectivity index (χ1n) is 5.47. The monoisotopic (exact) mass is 316 g/mol. The van der Waals surface area contributed by atoms with E-state index in [2.05, 4.69) is 32.8 Å². The Morgan fingerprint density at radius 2 is 2.29 bits per heavy atom. The summed E-state index contributed by atoms with van der Waals surface area (Å²) in [5, 5.41) is 5.95. The van der Waals surface area contributed by atoms with Crippen LogP contribution in [-0.4, -0.2) is 31.0 Å². The number of amides is 1. The Bertz CT molecular complexity index is 360. The molecule has 0 radical (unpaired) electrons. The summed E-state index contributed by atoms with van der Waals surface area (Å²) in [5.41, 5.74) is 0.815. The summed E-state index contributed by atoms with van der Waals surface area (Å²) in [6.07, 6.45) is 3.17. The van der Waals surface area contributed by atoms with Gasteiger partial charge in [-0.05, 0) is 43.2 Å². The first-order chi connectivity index (χ1) is 8.22. The third-order valence-electron chi connectivity index (χ3n) is 2.10. The fraction of sp³-hybridized carbons (Fsp3) is 0.417. The molecule has 5 heteroatoms. The minimum absolute atomic E-state index is 0.00717. The normalized spacial score (nSPS) is 10.2. The number of halogens is 1. The standard InChI is InChI=1S/C12H17BrN2OS/c1-17-7-3-6-14-9-12(16)15-11-5-2-4-10(13)8-11/h2,4-5,8,14H,3,6-7,9H2,1H3,(H,15,16). The molecule has 17 heavy (non-hydrogen) atoms. The van der Waals surface area contributed by atoms with E-state index < -0.39 is 0 Å². The van der Waals surface area contributed by atoms with Crippen molar-refractivity contribution in [2.75, 3.05) is 30.4 Å². The minimum atomic E-state index is -0.00717. The maximum Gasteiger partial charge on any atom is 0.238 e. The van der Waals surface area contributed by atoms with Crippen molar-refractivity contribution in [3.63, 3.8) is 0 Å². The van der Waals surface area contributed by atoms with Crippen molar-refractivity contribution in [3.8, 4) is 0 Å². The van der Waals surface area contributed by atoms with Gasteiger partial charge in [0.1, 0.15) is 0 Å². The second-order valence-electron chi connectivity index (χ2n) is 3.58. The van der Waals surface area contributed by atoms with E-state index in [1.54, 1.807) is 0 Å². The summed E-state index contributed by atoms with van der Waals surface area (Å²) in [5.74, 6) is 1.12. The van der Waals surface area contributed by atoms with E-state index in [4.69, 9.17) is 0 Å². The van der Waals surface area contributed by atoms with E-state index >= 15 is 0 Å². The van der Waals surface area contributed by atoms with Gasteiger partial charge in [-0.3, -0.25) is 4.79 Å². The van der Waals surface area contributed by atoms with Gasteiger partial charge in [0.25, 0.3) is 0 Å². The number of thioether (sulfide) groups is 1. The van der Waals surface area contributed by atoms with Crippen LogP contribution in [0.15, 0.2) is 28.7 Å². The average molecular weight is 317 g/mol. The van der Waals surface area contributed by atoms with E-state index in [1.165, 1.54) is 0 Å². The van der Waals surface area contributed by atoms with Crippen LogP contribution < -0.4 is 10.6 Å². The number of nitrogens with one attached hydrogen (secondary N) is 2. The van der Waals surface area contributed by atoms with E-state index in [9.17, 15) is 4.79 Å². The molecule has 0 aromatic heterocycles. The number of anilines is 1. The molecule has 94 valence electrons. The van der Waals surface area contributed by atoms with Crippen LogP contribution in [0.2, 0.25) is 0 Å². The van der Waals surface area contributed by atoms with E-state index in [0.29, 0.717) is 6.54 Å². The van der Waals surface area contributed by atoms with Crippen LogP contribution >= 0.6 is 27.7 Å². The Morgan fingerprint density at radius 1 is 1.47 bits per heavy atom. The molecule has 0 spiro atoms. The largest absolute Gasteiger partial charge is 0.325 e. The molecule has 0 aliphatic carbocycles. The third kappa shape index (κ3) is 6.71. The maximum atomic E-state index is 11.6. The zero-order valence-corrected chi connectivity index (χ0v) is 12.2. The number of carbonyl (C=O) groups is 1. The van der Waals surface area contributed by atoms with Crippen molar-refractivity contribution in [2.24, 2.45) is 0 Å². The van der Waals surface area contributed by atoms with E-state index in [1.807, 2.05) is 36.0 Å². The predicted molar refractivity (Wildman–Crippen MR) is 78.6 cm³/mol. The van der Waals surface area contributed by atoms with E-state index in [0.717, 1.165) is 28.9 Å². The zero-order chi connectivity index (χ0) is 12.5. The lowest BCUT2D eigenvalue weighted by Crippen LogP contribution is -2.28. The number of benzene rings is 1. The molecule has 0 bridgehead atoms. The van der Waals surface area contributed by atoms with Crippen molar-refractivity contribution in [1.29, 1.82) is 0 Å². The fourth-order valence-corrected chi connectivity index (χ4v) is 2.15. The molecule has 1 amide bonds. The summed E-state index contributed by atoms with van der Waals surface area (Å²) in [6, 6.07) is 7.57. The molecular formula is C12H17BrN2OS. The molecule has 1 aromatic rings. The molecule has 0 saturated heterocycles. The molecule has 0 saturated carbocycles. The van der Waals surface area contributed by atoms with Crippen molar-refractivity contribution in [1.82, 2.24) is 5.32 Å². The molecule has 2 N–H and O–H groups in total. The second kappa shape index (κ2) is 8.55. The fourth-order valence-electron chi connectivity index (χ4n) is 1.31. The third-order valence-corrected chi connectivity index (χ3v) is 3.29. The van der Waals surface area contributed by atoms with Gasteiger partial charge < -0.3 is 10.6 Å². The summed E-state index contributed by atoms with van der Waals surface area (Å²) < 4.78 is 0.961. The quantitative estimate of drug-likeness (QED) is 0.760. The molecule has 0 aliphatic rings. The smallest absolute Gasteiger partial charge is 0.238 e. The predicted octanol–water partition coefficient (Wildman–Crippen LogP) is 2.73. The Balaban J connectivity index is 2.21. The highest BCUT2D eigenvalue weighted by Crippen LogP contribution is 2.15. The molecule has 0 aliphatic heterocycles. The van der Waals surface area contributed by atoms with Gasteiger partial charge in [-0.15, -0.1) is 0 Å². The second-order valence-corrected chi connectivity index (χ2v) is 5.48. The summed E-state index contributed by atoms with van der Waals surface area (Å²) in [7, 11) is 0. The zero-order valence-electron chi connectivity index (χ0n) is 9.83. The van der Waals surface area contributed by atoms with Gasteiger partial charge in [-0.25, -0.2) is 0 Å². The number of rotatable bonds is 7. The minimum Gasteiger partial charge on any atom is -0.325 e. The van der Waals surface area contributed by atoms with Gasteiger partial charge in [0, 0.05) is 10.2 Å². The highest BCUT2D eigenvalue weighted by molar-refractivity contribution is 9.10. The molecular weight excluding hydrogens is 300 g/mol. The Kier molecular flexibility index (Phi) is 7.32. The van der Waals surface area contributed by atoms with Crippen molar-refractivity contribution >= 4 is 39.3 Å². The van der Waals surface area contributed by atoms with Crippen LogP contribution in [0.1, 0.15) is 6.42 Å². The van der Waals surface area contributed by atoms with Gasteiger partial charge >= 0.3 is 0 Å². The van der Waals surface area contributed by atoms with Crippen LogP contribution in [0.5, 0.6) is 0 Å². The molecule has 0 unspecified atom stereocenters. The lowest BCUT2D eigenvalue weighted by molar-refractivity contribution is -0.115. The average Bonchev–Trinajstić information content (AvgIpc) is 2.29. The number of carbonyl (C=O) groups excluding carboxylic acids is 1. The van der Waals surface area contributed by atoms with Crippen molar-refractivity contribution in [3.05, 3.63) is 28.7 Å². The molecule has 3 nitrogen and oxygen atoms in total. The van der Waals surface area contributed by atoms with Gasteiger partial charge in [-0.2, -0.15) is 11.8 Å². The molecule has 0 fully saturated rings. The van der Waals surface area contributed by atoms with Crippen LogP contribution in [-0.2, 0) is 4.79 Å². The van der Waals surface area contributed by atoms with Crippen LogP contribution in [0.4, 0.5) is 5.69 Å². The maximum absolute atomic E-state index is 11.6. The summed E-state index contributed by atoms with van der Waals surface area (Å²) in [4.78, 5) is 11.6. The summed E-state index contributed by atoms with van der Waals surface area (Å²) in [6.45, 7) is 1.24. The lowest BCUT2D eigenvalue weighted by Gasteiger charge is -2.06. The highest BCUT2D eigenvalue weighted by Gasteiger charge is 2.01. The number of hydrogen-bond acceptors (Lipinski definition) is 3.